The lowest BCUT2D eigenvalue weighted by Crippen LogP contribution is -2.64. The van der Waals surface area contributed by atoms with Gasteiger partial charge in [-0.15, -0.1) is 11.8 Å². The van der Waals surface area contributed by atoms with Gasteiger partial charge in [0.2, 0.25) is 0 Å². The van der Waals surface area contributed by atoms with Crippen molar-refractivity contribution in [2.45, 2.75) is 37.4 Å². The number of aliphatic imine (C=N–C) groups is 1. The molecule has 0 spiro atoms. The smallest absolute Gasteiger partial charge is 0.352 e. The number of nitrogens with zero attached hydrogens (tertiary/aromatic N) is 2. The normalized spacial score (nSPS) is 27.2. The molecule has 0 saturated carbocycles. The Morgan fingerprint density at radius 2 is 2.10 bits per heavy atom. The van der Waals surface area contributed by atoms with Crippen molar-refractivity contribution < 1.29 is 24.2 Å². The van der Waals surface area contributed by atoms with E-state index < -0.39 is 18.0 Å². The summed E-state index contributed by atoms with van der Waals surface area (Å²) in [6.07, 6.45) is 1.45. The summed E-state index contributed by atoms with van der Waals surface area (Å²) in [7, 11) is 0. The number of aliphatic carboxylic acids is 1. The molecule has 0 aromatic carbocycles. The molecule has 0 aliphatic carbocycles. The van der Waals surface area contributed by atoms with Crippen LogP contribution in [0.3, 0.4) is 0 Å². The summed E-state index contributed by atoms with van der Waals surface area (Å²) >= 11 is 1.38. The molecular weight excluding hydrogens is 296 g/mol. The second kappa shape index (κ2) is 5.88. The minimum atomic E-state index is -1.17. The van der Waals surface area contributed by atoms with E-state index in [1.54, 1.807) is 13.8 Å². The number of ether oxygens (including phenoxy) is 1. The van der Waals surface area contributed by atoms with E-state index in [0.717, 1.165) is 5.71 Å². The van der Waals surface area contributed by atoms with E-state index in [4.69, 9.17) is 4.74 Å². The van der Waals surface area contributed by atoms with E-state index in [9.17, 15) is 19.5 Å². The molecule has 8 heteroatoms. The van der Waals surface area contributed by atoms with Crippen LogP contribution in [0.1, 0.15) is 20.8 Å². The van der Waals surface area contributed by atoms with Gasteiger partial charge in [0.25, 0.3) is 5.91 Å². The maximum atomic E-state index is 12.0. The van der Waals surface area contributed by atoms with Gasteiger partial charge in [-0.2, -0.15) is 0 Å². The molecule has 114 valence electrons. The van der Waals surface area contributed by atoms with Gasteiger partial charge in [0, 0.05) is 12.6 Å². The zero-order valence-corrected chi connectivity index (χ0v) is 12.7. The van der Waals surface area contributed by atoms with Crippen molar-refractivity contribution in [1.29, 1.82) is 0 Å². The third-order valence-electron chi connectivity index (χ3n) is 3.00. The first-order chi connectivity index (χ1) is 9.81. The van der Waals surface area contributed by atoms with Crippen LogP contribution >= 0.6 is 11.8 Å². The Kier molecular flexibility index (Phi) is 4.36. The number of esters is 1. The third-order valence-corrected chi connectivity index (χ3v) is 4.37. The lowest BCUT2D eigenvalue weighted by molar-refractivity contribution is -0.148. The van der Waals surface area contributed by atoms with Gasteiger partial charge in [0.15, 0.2) is 6.04 Å². The minimum absolute atomic E-state index is 0.0684. The Morgan fingerprint density at radius 1 is 1.43 bits per heavy atom. The number of β-lactam (4-membered cyclic amide) rings is 1. The summed E-state index contributed by atoms with van der Waals surface area (Å²) in [4.78, 5) is 39.7. The number of carbonyl (C=O) groups excluding carboxylic acids is 2. The van der Waals surface area contributed by atoms with Crippen LogP contribution in [-0.4, -0.2) is 56.8 Å². The summed E-state index contributed by atoms with van der Waals surface area (Å²) in [5, 5.41) is 8.57. The van der Waals surface area contributed by atoms with Crippen molar-refractivity contribution in [2.75, 3.05) is 6.61 Å². The van der Waals surface area contributed by atoms with Crippen LogP contribution in [0.5, 0.6) is 0 Å². The molecule has 0 bridgehead atoms. The number of carboxylic acids is 1. The molecular formula is C13H16N2O5S. The SMILES string of the molecule is CC(=O)OCC1C=C(C(=O)O)N2C(=O)C(N=C(C)C)[C@H]2S1. The van der Waals surface area contributed by atoms with Crippen molar-refractivity contribution in [1.82, 2.24) is 4.90 Å². The maximum Gasteiger partial charge on any atom is 0.352 e. The fourth-order valence-electron chi connectivity index (χ4n) is 2.17. The first kappa shape index (κ1) is 15.6. The topological polar surface area (TPSA) is 96.3 Å². The predicted octanol–water partition coefficient (Wildman–Crippen LogP) is 0.651. The molecule has 3 atom stereocenters. The van der Waals surface area contributed by atoms with Crippen molar-refractivity contribution in [2.24, 2.45) is 4.99 Å². The van der Waals surface area contributed by atoms with Gasteiger partial charge >= 0.3 is 11.9 Å². The van der Waals surface area contributed by atoms with Crippen LogP contribution in [-0.2, 0) is 19.1 Å². The maximum absolute atomic E-state index is 12.0. The van der Waals surface area contributed by atoms with Crippen LogP contribution in [0, 0.1) is 0 Å². The highest BCUT2D eigenvalue weighted by atomic mass is 32.2. The highest BCUT2D eigenvalue weighted by Crippen LogP contribution is 2.42. The fourth-order valence-corrected chi connectivity index (χ4v) is 3.55. The largest absolute Gasteiger partial charge is 0.477 e. The number of carboxylic acid groups (broad SMARTS) is 1. The first-order valence-electron chi connectivity index (χ1n) is 6.39. The van der Waals surface area contributed by atoms with E-state index in [-0.39, 0.29) is 28.8 Å². The van der Waals surface area contributed by atoms with Crippen molar-refractivity contribution in [3.8, 4) is 0 Å². The zero-order chi connectivity index (χ0) is 15.7. The van der Waals surface area contributed by atoms with Crippen molar-refractivity contribution >= 4 is 35.3 Å². The molecule has 2 aliphatic rings. The summed E-state index contributed by atoms with van der Waals surface area (Å²) < 4.78 is 4.92. The van der Waals surface area contributed by atoms with Gasteiger partial charge < -0.3 is 9.84 Å². The quantitative estimate of drug-likeness (QED) is 0.465. The van der Waals surface area contributed by atoms with Crippen molar-refractivity contribution in [3.05, 3.63) is 11.8 Å². The van der Waals surface area contributed by atoms with Gasteiger partial charge in [0.05, 0.1) is 5.25 Å². The molecule has 2 unspecified atom stereocenters. The fraction of sp³-hybridized carbons (Fsp3) is 0.538. The molecule has 1 fully saturated rings. The number of rotatable bonds is 4. The van der Waals surface area contributed by atoms with E-state index in [1.807, 2.05) is 0 Å². The highest BCUT2D eigenvalue weighted by molar-refractivity contribution is 8.00. The molecule has 0 aromatic heterocycles. The Hall–Kier alpha value is -1.83. The Morgan fingerprint density at radius 3 is 2.62 bits per heavy atom. The van der Waals surface area contributed by atoms with Crippen LogP contribution in [0.2, 0.25) is 0 Å². The molecule has 2 heterocycles. The summed E-state index contributed by atoms with van der Waals surface area (Å²) in [6.45, 7) is 4.94. The molecule has 7 nitrogen and oxygen atoms in total. The Labute approximate surface area is 126 Å². The van der Waals surface area contributed by atoms with Crippen LogP contribution < -0.4 is 0 Å². The van der Waals surface area contributed by atoms with E-state index in [2.05, 4.69) is 4.99 Å². The van der Waals surface area contributed by atoms with Gasteiger partial charge in [0.1, 0.15) is 17.7 Å². The summed E-state index contributed by atoms with van der Waals surface area (Å²) in [5.41, 5.74) is 0.692. The zero-order valence-electron chi connectivity index (χ0n) is 11.9. The second-order valence-electron chi connectivity index (χ2n) is 4.95. The van der Waals surface area contributed by atoms with Gasteiger partial charge in [-0.25, -0.2) is 4.79 Å². The average Bonchev–Trinajstić information content (AvgIpc) is 2.40. The standard InChI is InChI=1S/C13H16N2O5S/c1-6(2)14-10-11(17)15-9(13(18)19)4-8(21-12(10)15)5-20-7(3)16/h4,8,10,12H,5H2,1-3H3,(H,18,19)/t8?,10?,12-/m1/s1. The lowest BCUT2D eigenvalue weighted by Gasteiger charge is -2.48. The Bertz CT molecular complexity index is 553. The van der Waals surface area contributed by atoms with Crippen molar-refractivity contribution in [3.63, 3.8) is 0 Å². The van der Waals surface area contributed by atoms with Crippen LogP contribution in [0.15, 0.2) is 16.8 Å². The van der Waals surface area contributed by atoms with E-state index >= 15 is 0 Å². The monoisotopic (exact) mass is 312 g/mol. The third kappa shape index (κ3) is 3.10. The molecule has 1 N–H and O–H groups in total. The van der Waals surface area contributed by atoms with Crippen LogP contribution in [0.4, 0.5) is 0 Å². The summed E-state index contributed by atoms with van der Waals surface area (Å²) in [5.74, 6) is -1.91. The van der Waals surface area contributed by atoms with Gasteiger partial charge in [-0.05, 0) is 19.9 Å². The first-order valence-corrected chi connectivity index (χ1v) is 7.33. The number of thioether (sulfide) groups is 1. The highest BCUT2D eigenvalue weighted by Gasteiger charge is 2.53. The molecule has 0 aromatic rings. The van der Waals surface area contributed by atoms with Gasteiger partial charge in [-0.1, -0.05) is 0 Å². The number of amides is 1. The molecule has 1 amide bonds. The number of hydrogen-bond acceptors (Lipinski definition) is 6. The molecule has 0 radical (unpaired) electrons. The minimum Gasteiger partial charge on any atom is -0.477 e. The predicted molar refractivity (Wildman–Crippen MR) is 76.9 cm³/mol. The number of hydrogen-bond donors (Lipinski definition) is 1. The summed E-state index contributed by atoms with van der Waals surface area (Å²) in [6, 6.07) is -0.567. The number of fused-ring (bicyclic) bond motifs is 1. The lowest BCUT2D eigenvalue weighted by atomic mass is 10.1. The van der Waals surface area contributed by atoms with E-state index in [0.29, 0.717) is 0 Å². The Balaban J connectivity index is 2.21. The average molecular weight is 312 g/mol. The number of carbonyl (C=O) groups is 3. The van der Waals surface area contributed by atoms with E-state index in [1.165, 1.54) is 29.7 Å². The van der Waals surface area contributed by atoms with Gasteiger partial charge in [-0.3, -0.25) is 19.5 Å². The van der Waals surface area contributed by atoms with Crippen LogP contribution in [0.25, 0.3) is 0 Å². The molecule has 2 rings (SSSR count). The molecule has 1 saturated heterocycles. The second-order valence-corrected chi connectivity index (χ2v) is 6.31. The molecule has 2 aliphatic heterocycles. The molecule has 21 heavy (non-hydrogen) atoms.